The summed E-state index contributed by atoms with van der Waals surface area (Å²) in [5.41, 5.74) is -0.765. The highest BCUT2D eigenvalue weighted by Gasteiger charge is 2.18. The average molecular weight is 155 g/mol. The molecule has 11 heavy (non-hydrogen) atoms. The second kappa shape index (κ2) is 4.38. The maximum absolute atomic E-state index is 9.56. The maximum atomic E-state index is 9.56. The highest BCUT2D eigenvalue weighted by molar-refractivity contribution is 4.94. The van der Waals surface area contributed by atoms with Crippen LogP contribution in [0.5, 0.6) is 0 Å². The second-order valence-electron chi connectivity index (χ2n) is 3.41. The van der Waals surface area contributed by atoms with Gasteiger partial charge in [-0.1, -0.05) is 13.8 Å². The van der Waals surface area contributed by atoms with E-state index in [1.54, 1.807) is 6.92 Å². The molecule has 1 atom stereocenters. The van der Waals surface area contributed by atoms with Crippen molar-refractivity contribution >= 4 is 0 Å². The highest BCUT2D eigenvalue weighted by Crippen LogP contribution is 2.05. The molecule has 0 heterocycles. The molecule has 0 aromatic heterocycles. The molecule has 2 heteroatoms. The maximum Gasteiger partial charge on any atom is 0.0852 e. The van der Waals surface area contributed by atoms with Gasteiger partial charge >= 0.3 is 0 Å². The predicted octanol–water partition coefficient (Wildman–Crippen LogP) is 0.759. The minimum Gasteiger partial charge on any atom is -0.388 e. The minimum atomic E-state index is -0.765. The monoisotopic (exact) mass is 155 g/mol. The molecule has 0 spiro atoms. The topological polar surface area (TPSA) is 32.3 Å². The molecule has 0 saturated heterocycles. The summed E-state index contributed by atoms with van der Waals surface area (Å²) in [6.07, 6.45) is 5.48. The molecule has 0 aliphatic rings. The zero-order valence-corrected chi connectivity index (χ0v) is 7.52. The van der Waals surface area contributed by atoms with Crippen LogP contribution in [0.3, 0.4) is 0 Å². The van der Waals surface area contributed by atoms with Gasteiger partial charge in [-0.25, -0.2) is 0 Å². The van der Waals surface area contributed by atoms with Crippen molar-refractivity contribution in [3.8, 4) is 12.3 Å². The van der Waals surface area contributed by atoms with Crippen LogP contribution in [0.25, 0.3) is 0 Å². The van der Waals surface area contributed by atoms with Gasteiger partial charge in [-0.05, 0) is 6.92 Å². The molecule has 0 fully saturated rings. The Bertz CT molecular complexity index is 144. The Labute approximate surface area is 69.0 Å². The van der Waals surface area contributed by atoms with E-state index in [9.17, 15) is 5.11 Å². The van der Waals surface area contributed by atoms with Crippen molar-refractivity contribution in [3.05, 3.63) is 0 Å². The minimum absolute atomic E-state index is 0.388. The Balaban J connectivity index is 3.65. The van der Waals surface area contributed by atoms with Gasteiger partial charge < -0.3 is 10.4 Å². The zero-order valence-electron chi connectivity index (χ0n) is 7.52. The van der Waals surface area contributed by atoms with Crippen LogP contribution in [0.15, 0.2) is 0 Å². The number of nitrogens with one attached hydrogen (secondary N) is 1. The molecular weight excluding hydrogens is 138 g/mol. The Morgan fingerprint density at radius 1 is 1.64 bits per heavy atom. The molecule has 0 rings (SSSR count). The number of hydrogen-bond acceptors (Lipinski definition) is 2. The molecule has 1 unspecified atom stereocenters. The van der Waals surface area contributed by atoms with Crippen LogP contribution in [0, 0.1) is 12.3 Å². The first kappa shape index (κ1) is 10.5. The standard InChI is InChI=1S/C9H17NO/c1-5-6-9(4,11)7-10-8(2)3/h1,8,10-11H,6-7H2,2-4H3. The van der Waals surface area contributed by atoms with Gasteiger partial charge in [0.2, 0.25) is 0 Å². The van der Waals surface area contributed by atoms with Crippen LogP contribution in [0.4, 0.5) is 0 Å². The fraction of sp³-hybridized carbons (Fsp3) is 0.778. The second-order valence-corrected chi connectivity index (χ2v) is 3.41. The number of terminal acetylenes is 1. The smallest absolute Gasteiger partial charge is 0.0852 e. The van der Waals surface area contributed by atoms with Crippen molar-refractivity contribution in [3.63, 3.8) is 0 Å². The van der Waals surface area contributed by atoms with Crippen LogP contribution in [-0.4, -0.2) is 23.3 Å². The Kier molecular flexibility index (Phi) is 4.17. The molecule has 2 nitrogen and oxygen atoms in total. The summed E-state index contributed by atoms with van der Waals surface area (Å²) < 4.78 is 0. The third-order valence-corrected chi connectivity index (χ3v) is 1.37. The molecule has 0 saturated carbocycles. The quantitative estimate of drug-likeness (QED) is 0.587. The summed E-state index contributed by atoms with van der Waals surface area (Å²) in [7, 11) is 0. The summed E-state index contributed by atoms with van der Waals surface area (Å²) >= 11 is 0. The van der Waals surface area contributed by atoms with Gasteiger partial charge in [-0.15, -0.1) is 12.3 Å². The molecule has 0 aliphatic heterocycles. The lowest BCUT2D eigenvalue weighted by Crippen LogP contribution is -2.40. The van der Waals surface area contributed by atoms with E-state index in [2.05, 4.69) is 11.2 Å². The summed E-state index contributed by atoms with van der Waals surface area (Å²) in [5, 5.41) is 12.7. The summed E-state index contributed by atoms with van der Waals surface area (Å²) in [5.74, 6) is 2.44. The molecule has 0 amide bonds. The van der Waals surface area contributed by atoms with Crippen molar-refractivity contribution in [1.82, 2.24) is 5.32 Å². The van der Waals surface area contributed by atoms with Gasteiger partial charge in [0, 0.05) is 19.0 Å². The first-order chi connectivity index (χ1) is 4.98. The molecule has 2 N–H and O–H groups in total. The van der Waals surface area contributed by atoms with Crippen molar-refractivity contribution < 1.29 is 5.11 Å². The van der Waals surface area contributed by atoms with E-state index >= 15 is 0 Å². The number of hydrogen-bond donors (Lipinski definition) is 2. The largest absolute Gasteiger partial charge is 0.388 e. The molecule has 64 valence electrons. The fourth-order valence-corrected chi connectivity index (χ4v) is 0.706. The number of rotatable bonds is 4. The predicted molar refractivity (Wildman–Crippen MR) is 47.2 cm³/mol. The Morgan fingerprint density at radius 2 is 2.18 bits per heavy atom. The lowest BCUT2D eigenvalue weighted by Gasteiger charge is -2.22. The summed E-state index contributed by atoms with van der Waals surface area (Å²) in [4.78, 5) is 0. The van der Waals surface area contributed by atoms with Gasteiger partial charge in [-0.2, -0.15) is 0 Å². The van der Waals surface area contributed by atoms with E-state index in [1.165, 1.54) is 0 Å². The van der Waals surface area contributed by atoms with Crippen molar-refractivity contribution in [2.45, 2.75) is 38.8 Å². The molecule has 0 aliphatic carbocycles. The molecule has 0 aromatic rings. The van der Waals surface area contributed by atoms with Crippen LogP contribution >= 0.6 is 0 Å². The van der Waals surface area contributed by atoms with E-state index in [-0.39, 0.29) is 0 Å². The normalized spacial score (nSPS) is 16.0. The summed E-state index contributed by atoms with van der Waals surface area (Å²) in [6, 6.07) is 0.388. The van der Waals surface area contributed by atoms with Gasteiger partial charge in [0.25, 0.3) is 0 Å². The molecule has 0 aromatic carbocycles. The van der Waals surface area contributed by atoms with Crippen LogP contribution < -0.4 is 5.32 Å². The highest BCUT2D eigenvalue weighted by atomic mass is 16.3. The lowest BCUT2D eigenvalue weighted by atomic mass is 10.0. The average Bonchev–Trinajstić information content (AvgIpc) is 1.84. The number of aliphatic hydroxyl groups is 1. The van der Waals surface area contributed by atoms with E-state index < -0.39 is 5.60 Å². The van der Waals surface area contributed by atoms with E-state index in [0.717, 1.165) is 0 Å². The van der Waals surface area contributed by atoms with Gasteiger partial charge in [-0.3, -0.25) is 0 Å². The first-order valence-electron chi connectivity index (χ1n) is 3.87. The molecular formula is C9H17NO. The van der Waals surface area contributed by atoms with Crippen molar-refractivity contribution in [1.29, 1.82) is 0 Å². The van der Waals surface area contributed by atoms with E-state index in [0.29, 0.717) is 19.0 Å². The SMILES string of the molecule is C#CCC(C)(O)CNC(C)C. The van der Waals surface area contributed by atoms with Gasteiger partial charge in [0.15, 0.2) is 0 Å². The van der Waals surface area contributed by atoms with Crippen LogP contribution in [0.1, 0.15) is 27.2 Å². The third kappa shape index (κ3) is 5.90. The Hall–Kier alpha value is -0.520. The Morgan fingerprint density at radius 3 is 2.55 bits per heavy atom. The lowest BCUT2D eigenvalue weighted by molar-refractivity contribution is 0.0631. The van der Waals surface area contributed by atoms with E-state index in [1.807, 2.05) is 13.8 Å². The zero-order chi connectivity index (χ0) is 8.91. The van der Waals surface area contributed by atoms with Crippen molar-refractivity contribution in [2.75, 3.05) is 6.54 Å². The van der Waals surface area contributed by atoms with Gasteiger partial charge in [0.1, 0.15) is 0 Å². The van der Waals surface area contributed by atoms with Crippen LogP contribution in [0.2, 0.25) is 0 Å². The van der Waals surface area contributed by atoms with Gasteiger partial charge in [0.05, 0.1) is 5.60 Å². The summed E-state index contributed by atoms with van der Waals surface area (Å²) in [6.45, 7) is 6.36. The third-order valence-electron chi connectivity index (χ3n) is 1.37. The van der Waals surface area contributed by atoms with Crippen molar-refractivity contribution in [2.24, 2.45) is 0 Å². The molecule has 0 bridgehead atoms. The van der Waals surface area contributed by atoms with E-state index in [4.69, 9.17) is 6.42 Å². The molecule has 0 radical (unpaired) electrons. The fourth-order valence-electron chi connectivity index (χ4n) is 0.706. The van der Waals surface area contributed by atoms with Crippen LogP contribution in [-0.2, 0) is 0 Å². The first-order valence-corrected chi connectivity index (χ1v) is 3.87.